The Balaban J connectivity index is 1.61. The number of piperidine rings is 1. The molecular weight excluding hydrogens is 260 g/mol. The van der Waals surface area contributed by atoms with Crippen molar-refractivity contribution in [1.82, 2.24) is 10.2 Å². The summed E-state index contributed by atoms with van der Waals surface area (Å²) in [7, 11) is 0. The number of quaternary nitrogens is 1. The van der Waals surface area contributed by atoms with Gasteiger partial charge in [-0.05, 0) is 6.07 Å². The number of hydroxylamine groups is 3. The van der Waals surface area contributed by atoms with E-state index in [4.69, 9.17) is 8.83 Å². The number of rotatable bonds is 2. The Bertz CT molecular complexity index is 587. The molecule has 3 fully saturated rings. The first kappa shape index (κ1) is 11.9. The van der Waals surface area contributed by atoms with Crippen LogP contribution in [0.4, 0.5) is 6.01 Å². The van der Waals surface area contributed by atoms with Crippen molar-refractivity contribution in [2.24, 2.45) is 0 Å². The molecule has 3 aliphatic rings. The highest BCUT2D eigenvalue weighted by atomic mass is 16.5. The number of hydrogen-bond acceptors (Lipinski definition) is 6. The normalized spacial score (nSPS) is 29.6. The molecule has 20 heavy (non-hydrogen) atoms. The van der Waals surface area contributed by atoms with Gasteiger partial charge in [-0.15, -0.1) is 5.10 Å². The quantitative estimate of drug-likeness (QED) is 0.612. The first-order chi connectivity index (χ1) is 9.73. The van der Waals surface area contributed by atoms with Gasteiger partial charge < -0.3 is 23.6 Å². The lowest BCUT2D eigenvalue weighted by molar-refractivity contribution is -0.881. The summed E-state index contributed by atoms with van der Waals surface area (Å²) in [6, 6.07) is 2.64. The minimum atomic E-state index is -0.0737. The van der Waals surface area contributed by atoms with Gasteiger partial charge in [-0.3, -0.25) is 0 Å². The van der Waals surface area contributed by atoms with Gasteiger partial charge >= 0.3 is 6.01 Å². The summed E-state index contributed by atoms with van der Waals surface area (Å²) in [6.07, 6.45) is 4.94. The minimum Gasteiger partial charge on any atom is -0.633 e. The van der Waals surface area contributed by atoms with Gasteiger partial charge in [0.25, 0.3) is 5.89 Å². The molecule has 0 amide bonds. The summed E-state index contributed by atoms with van der Waals surface area (Å²) in [6.45, 7) is 2.68. The molecule has 3 aliphatic heterocycles. The molecule has 0 N–H and O–H groups in total. The lowest BCUT2D eigenvalue weighted by atomic mass is 10.1. The molecule has 5 heterocycles. The van der Waals surface area contributed by atoms with Crippen LogP contribution >= 0.6 is 0 Å². The van der Waals surface area contributed by atoms with Crippen molar-refractivity contribution in [3.63, 3.8) is 0 Å². The zero-order valence-electron chi connectivity index (χ0n) is 11.1. The van der Waals surface area contributed by atoms with Crippen LogP contribution in [0.5, 0.6) is 0 Å². The van der Waals surface area contributed by atoms with Crippen LogP contribution in [0.1, 0.15) is 12.8 Å². The fourth-order valence-corrected chi connectivity index (χ4v) is 3.12. The summed E-state index contributed by atoms with van der Waals surface area (Å²) in [5.74, 6) is 0.457. The van der Waals surface area contributed by atoms with Gasteiger partial charge in [-0.25, -0.2) is 0 Å². The highest BCUT2D eigenvalue weighted by molar-refractivity contribution is 5.51. The molecule has 5 rings (SSSR count). The number of hydrogen-bond donors (Lipinski definition) is 0. The summed E-state index contributed by atoms with van der Waals surface area (Å²) < 4.78 is 10.7. The molecule has 0 aromatic carbocycles. The zero-order valence-corrected chi connectivity index (χ0v) is 11.1. The van der Waals surface area contributed by atoms with Crippen molar-refractivity contribution in [1.29, 1.82) is 0 Å². The Morgan fingerprint density at radius 1 is 1.25 bits per heavy atom. The second-order valence-corrected chi connectivity index (χ2v) is 5.56. The summed E-state index contributed by atoms with van der Waals surface area (Å²) in [5.41, 5.74) is 0.777. The van der Waals surface area contributed by atoms with E-state index < -0.39 is 0 Å². The van der Waals surface area contributed by atoms with Crippen LogP contribution in [0, 0.1) is 5.21 Å². The largest absolute Gasteiger partial charge is 0.633 e. The highest BCUT2D eigenvalue weighted by Gasteiger charge is 2.37. The van der Waals surface area contributed by atoms with Crippen molar-refractivity contribution < 1.29 is 13.5 Å². The highest BCUT2D eigenvalue weighted by Crippen LogP contribution is 2.31. The predicted molar refractivity (Wildman–Crippen MR) is 70.6 cm³/mol. The summed E-state index contributed by atoms with van der Waals surface area (Å²) in [4.78, 5) is 2.10. The van der Waals surface area contributed by atoms with E-state index >= 15 is 0 Å². The standard InChI is InChI=1S/C13H16N4O3/c18-17-5-1-11(2-6-17)16(4-7-17)13-15-14-12(20-13)10-3-8-19-9-10/h3,8-9,11H,1-2,4-7H2. The molecule has 0 spiro atoms. The van der Waals surface area contributed by atoms with Crippen molar-refractivity contribution in [3.05, 3.63) is 23.8 Å². The third-order valence-electron chi connectivity index (χ3n) is 4.36. The Kier molecular flexibility index (Phi) is 2.58. The number of furan rings is 1. The third kappa shape index (κ3) is 1.90. The molecule has 0 radical (unpaired) electrons. The van der Waals surface area contributed by atoms with Crippen LogP contribution in [0.3, 0.4) is 0 Å². The molecule has 0 atom stereocenters. The fraction of sp³-hybridized carbons (Fsp3) is 0.538. The van der Waals surface area contributed by atoms with Gasteiger partial charge in [0.2, 0.25) is 0 Å². The molecule has 0 unspecified atom stereocenters. The smallest absolute Gasteiger partial charge is 0.318 e. The maximum absolute atomic E-state index is 12.3. The van der Waals surface area contributed by atoms with Crippen molar-refractivity contribution in [2.75, 3.05) is 31.1 Å². The van der Waals surface area contributed by atoms with Gasteiger partial charge in [-0.2, -0.15) is 0 Å². The molecule has 7 nitrogen and oxygen atoms in total. The van der Waals surface area contributed by atoms with Gasteiger partial charge in [0.05, 0.1) is 38.0 Å². The second kappa shape index (κ2) is 4.32. The Labute approximate surface area is 116 Å². The van der Waals surface area contributed by atoms with E-state index in [1.807, 2.05) is 0 Å². The van der Waals surface area contributed by atoms with E-state index in [1.54, 1.807) is 18.6 Å². The predicted octanol–water partition coefficient (Wildman–Crippen LogP) is 1.63. The molecule has 0 saturated carbocycles. The molecule has 0 aliphatic carbocycles. The number of aromatic nitrogens is 2. The monoisotopic (exact) mass is 276 g/mol. The van der Waals surface area contributed by atoms with E-state index in [0.717, 1.165) is 18.4 Å². The maximum atomic E-state index is 12.3. The Morgan fingerprint density at radius 3 is 2.85 bits per heavy atom. The molecule has 3 saturated heterocycles. The fourth-order valence-electron chi connectivity index (χ4n) is 3.12. The lowest BCUT2D eigenvalue weighted by Crippen LogP contribution is -2.47. The molecule has 2 aromatic heterocycles. The second-order valence-electron chi connectivity index (χ2n) is 5.56. The topological polar surface area (TPSA) is 78.4 Å². The first-order valence-corrected chi connectivity index (χ1v) is 6.93. The summed E-state index contributed by atoms with van der Waals surface area (Å²) >= 11 is 0. The van der Waals surface area contributed by atoms with E-state index in [2.05, 4.69) is 15.1 Å². The first-order valence-electron chi connectivity index (χ1n) is 6.93. The van der Waals surface area contributed by atoms with Crippen LogP contribution in [0.15, 0.2) is 27.4 Å². The van der Waals surface area contributed by atoms with Gasteiger partial charge in [-0.1, -0.05) is 5.10 Å². The van der Waals surface area contributed by atoms with Crippen LogP contribution in [0.25, 0.3) is 11.5 Å². The molecular formula is C13H16N4O3. The van der Waals surface area contributed by atoms with Crippen LogP contribution in [0.2, 0.25) is 0 Å². The van der Waals surface area contributed by atoms with E-state index in [0.29, 0.717) is 44.1 Å². The Hall–Kier alpha value is -1.86. The van der Waals surface area contributed by atoms with Gasteiger partial charge in [0.1, 0.15) is 6.26 Å². The number of nitrogens with zero attached hydrogens (tertiary/aromatic N) is 4. The number of anilines is 1. The van der Waals surface area contributed by atoms with E-state index in [-0.39, 0.29) is 4.65 Å². The van der Waals surface area contributed by atoms with E-state index in [9.17, 15) is 5.21 Å². The van der Waals surface area contributed by atoms with Crippen molar-refractivity contribution in [2.45, 2.75) is 18.9 Å². The molecule has 106 valence electrons. The van der Waals surface area contributed by atoms with E-state index in [1.165, 1.54) is 0 Å². The number of fused-ring (bicyclic) bond motifs is 4. The van der Waals surface area contributed by atoms with Crippen LogP contribution in [-0.4, -0.2) is 47.1 Å². The molecule has 2 bridgehead atoms. The average molecular weight is 276 g/mol. The zero-order chi connectivity index (χ0) is 13.6. The Morgan fingerprint density at radius 2 is 2.10 bits per heavy atom. The van der Waals surface area contributed by atoms with Gasteiger partial charge in [0.15, 0.2) is 0 Å². The van der Waals surface area contributed by atoms with Crippen LogP contribution in [-0.2, 0) is 0 Å². The third-order valence-corrected chi connectivity index (χ3v) is 4.36. The average Bonchev–Trinajstić information content (AvgIpc) is 3.07. The summed E-state index contributed by atoms with van der Waals surface area (Å²) in [5, 5.41) is 20.5. The van der Waals surface area contributed by atoms with Gasteiger partial charge in [0, 0.05) is 18.9 Å². The molecule has 2 aromatic rings. The van der Waals surface area contributed by atoms with Crippen LogP contribution < -0.4 is 4.90 Å². The SMILES string of the molecule is [O-][N+]12CCC(CC1)N(c1nnc(-c3ccoc3)o1)CC2. The minimum absolute atomic E-state index is 0.0737. The molecule has 7 heteroatoms. The lowest BCUT2D eigenvalue weighted by Gasteiger charge is -2.44. The maximum Gasteiger partial charge on any atom is 0.318 e. The van der Waals surface area contributed by atoms with Crippen molar-refractivity contribution in [3.8, 4) is 11.5 Å². The van der Waals surface area contributed by atoms with Crippen molar-refractivity contribution >= 4 is 6.01 Å².